The molecule has 0 saturated heterocycles. The van der Waals surface area contributed by atoms with Crippen LogP contribution in [0.3, 0.4) is 0 Å². The number of sulfonamides is 1. The number of benzene rings is 1. The van der Waals surface area contributed by atoms with E-state index in [1.54, 1.807) is 13.8 Å². The lowest BCUT2D eigenvalue weighted by Crippen LogP contribution is -2.37. The maximum Gasteiger partial charge on any atom is 0.337 e. The average molecular weight is 320 g/mol. The van der Waals surface area contributed by atoms with Crippen molar-refractivity contribution in [2.75, 3.05) is 6.54 Å². The standard InChI is InChI=1S/C13H18ClNO4S/c1-4-7-15(9(2)3)20(18,19)10-5-6-12(14)11(8-10)13(16)17/h5-6,8-9H,4,7H2,1-3H3,(H,16,17). The molecule has 0 aliphatic rings. The number of halogens is 1. The summed E-state index contributed by atoms with van der Waals surface area (Å²) in [5.41, 5.74) is -0.215. The van der Waals surface area contributed by atoms with Crippen molar-refractivity contribution < 1.29 is 18.3 Å². The largest absolute Gasteiger partial charge is 0.478 e. The van der Waals surface area contributed by atoms with Gasteiger partial charge in [0.1, 0.15) is 0 Å². The topological polar surface area (TPSA) is 74.7 Å². The summed E-state index contributed by atoms with van der Waals surface area (Å²) in [7, 11) is -3.72. The van der Waals surface area contributed by atoms with Crippen LogP contribution in [0, 0.1) is 0 Å². The van der Waals surface area contributed by atoms with E-state index in [2.05, 4.69) is 0 Å². The second kappa shape index (κ2) is 6.56. The van der Waals surface area contributed by atoms with Crippen LogP contribution in [0.2, 0.25) is 5.02 Å². The van der Waals surface area contributed by atoms with Crippen LogP contribution < -0.4 is 0 Å². The summed E-state index contributed by atoms with van der Waals surface area (Å²) >= 11 is 5.76. The van der Waals surface area contributed by atoms with Crippen LogP contribution in [0.15, 0.2) is 23.1 Å². The Bertz CT molecular complexity index is 598. The molecule has 0 aliphatic heterocycles. The summed E-state index contributed by atoms with van der Waals surface area (Å²) in [6.45, 7) is 5.82. The fourth-order valence-electron chi connectivity index (χ4n) is 1.84. The van der Waals surface area contributed by atoms with Gasteiger partial charge in [-0.05, 0) is 38.5 Å². The Morgan fingerprint density at radius 3 is 2.45 bits per heavy atom. The highest BCUT2D eigenvalue weighted by Gasteiger charge is 2.27. The fraction of sp³-hybridized carbons (Fsp3) is 0.462. The Kier molecular flexibility index (Phi) is 5.56. The van der Waals surface area contributed by atoms with E-state index < -0.39 is 16.0 Å². The van der Waals surface area contributed by atoms with Gasteiger partial charge < -0.3 is 5.11 Å². The number of hydrogen-bond donors (Lipinski definition) is 1. The van der Waals surface area contributed by atoms with Crippen LogP contribution >= 0.6 is 11.6 Å². The molecular weight excluding hydrogens is 302 g/mol. The van der Waals surface area contributed by atoms with E-state index in [1.807, 2.05) is 6.92 Å². The van der Waals surface area contributed by atoms with Crippen molar-refractivity contribution in [2.24, 2.45) is 0 Å². The third-order valence-corrected chi connectivity index (χ3v) is 5.20. The monoisotopic (exact) mass is 319 g/mol. The molecule has 0 aliphatic carbocycles. The molecule has 1 N–H and O–H groups in total. The van der Waals surface area contributed by atoms with E-state index >= 15 is 0 Å². The highest BCUT2D eigenvalue weighted by atomic mass is 35.5. The molecule has 0 spiro atoms. The molecule has 0 atom stereocenters. The summed E-state index contributed by atoms with van der Waals surface area (Å²) in [4.78, 5) is 11.0. The van der Waals surface area contributed by atoms with E-state index in [1.165, 1.54) is 16.4 Å². The third kappa shape index (κ3) is 3.50. The predicted octanol–water partition coefficient (Wildman–Crippen LogP) is 2.85. The normalized spacial score (nSPS) is 12.1. The van der Waals surface area contributed by atoms with Gasteiger partial charge in [0.25, 0.3) is 0 Å². The molecule has 0 amide bonds. The van der Waals surface area contributed by atoms with E-state index in [0.717, 1.165) is 6.07 Å². The van der Waals surface area contributed by atoms with Crippen LogP contribution in [0.5, 0.6) is 0 Å². The van der Waals surface area contributed by atoms with Crippen molar-refractivity contribution in [1.82, 2.24) is 4.31 Å². The lowest BCUT2D eigenvalue weighted by atomic mass is 10.2. The number of carboxylic acid groups (broad SMARTS) is 1. The number of carbonyl (C=O) groups is 1. The van der Waals surface area contributed by atoms with Crippen LogP contribution in [0.1, 0.15) is 37.6 Å². The summed E-state index contributed by atoms with van der Waals surface area (Å²) in [5.74, 6) is -1.25. The number of carboxylic acids is 1. The van der Waals surface area contributed by atoms with Crippen LogP contribution in [0.4, 0.5) is 0 Å². The lowest BCUT2D eigenvalue weighted by molar-refractivity contribution is 0.0697. The minimum absolute atomic E-state index is 0.0167. The zero-order valence-electron chi connectivity index (χ0n) is 11.6. The van der Waals surface area contributed by atoms with E-state index in [9.17, 15) is 13.2 Å². The second-order valence-electron chi connectivity index (χ2n) is 4.66. The maximum atomic E-state index is 12.5. The van der Waals surface area contributed by atoms with E-state index in [0.29, 0.717) is 13.0 Å². The molecule has 0 fully saturated rings. The molecule has 0 heterocycles. The molecule has 1 aromatic carbocycles. The smallest absolute Gasteiger partial charge is 0.337 e. The van der Waals surface area contributed by atoms with Gasteiger partial charge in [-0.15, -0.1) is 0 Å². The van der Waals surface area contributed by atoms with Gasteiger partial charge in [0.2, 0.25) is 10.0 Å². The molecule has 0 saturated carbocycles. The molecule has 20 heavy (non-hydrogen) atoms. The molecular formula is C13H18ClNO4S. The van der Waals surface area contributed by atoms with Gasteiger partial charge in [0.15, 0.2) is 0 Å². The summed E-state index contributed by atoms with van der Waals surface area (Å²) in [5, 5.41) is 9.03. The van der Waals surface area contributed by atoms with Crippen molar-refractivity contribution >= 4 is 27.6 Å². The predicted molar refractivity (Wildman–Crippen MR) is 77.7 cm³/mol. The van der Waals surface area contributed by atoms with Crippen molar-refractivity contribution in [3.63, 3.8) is 0 Å². The first-order valence-electron chi connectivity index (χ1n) is 6.26. The SMILES string of the molecule is CCCN(C(C)C)S(=O)(=O)c1ccc(Cl)c(C(=O)O)c1. The number of aromatic carboxylic acids is 1. The van der Waals surface area contributed by atoms with Crippen LogP contribution in [-0.4, -0.2) is 36.4 Å². The number of hydrogen-bond acceptors (Lipinski definition) is 3. The van der Waals surface area contributed by atoms with Gasteiger partial charge in [0, 0.05) is 12.6 Å². The Morgan fingerprint density at radius 1 is 1.40 bits per heavy atom. The first-order chi connectivity index (χ1) is 9.21. The van der Waals surface area contributed by atoms with Crippen molar-refractivity contribution in [3.8, 4) is 0 Å². The second-order valence-corrected chi connectivity index (χ2v) is 6.95. The van der Waals surface area contributed by atoms with Crippen molar-refractivity contribution in [3.05, 3.63) is 28.8 Å². The maximum absolute atomic E-state index is 12.5. The molecule has 0 aromatic heterocycles. The summed E-state index contributed by atoms with van der Waals surface area (Å²) < 4.78 is 26.4. The molecule has 1 aromatic rings. The van der Waals surface area contributed by atoms with Crippen LogP contribution in [0.25, 0.3) is 0 Å². The Hall–Kier alpha value is -1.11. The highest BCUT2D eigenvalue weighted by Crippen LogP contribution is 2.24. The Balaban J connectivity index is 3.34. The van der Waals surface area contributed by atoms with E-state index in [-0.39, 0.29) is 21.5 Å². The zero-order chi connectivity index (χ0) is 15.5. The number of rotatable bonds is 6. The molecule has 0 bridgehead atoms. The average Bonchev–Trinajstić information content (AvgIpc) is 2.35. The van der Waals surface area contributed by atoms with Crippen molar-refractivity contribution in [2.45, 2.75) is 38.1 Å². The van der Waals surface area contributed by atoms with Gasteiger partial charge in [0.05, 0.1) is 15.5 Å². The first kappa shape index (κ1) is 16.9. The fourth-order valence-corrected chi connectivity index (χ4v) is 3.79. The van der Waals surface area contributed by atoms with Crippen LogP contribution in [-0.2, 0) is 10.0 Å². The summed E-state index contributed by atoms with van der Waals surface area (Å²) in [6.07, 6.45) is 0.677. The Morgan fingerprint density at radius 2 is 2.00 bits per heavy atom. The van der Waals surface area contributed by atoms with E-state index in [4.69, 9.17) is 16.7 Å². The minimum Gasteiger partial charge on any atom is -0.478 e. The molecule has 112 valence electrons. The quantitative estimate of drug-likeness (QED) is 0.875. The molecule has 5 nitrogen and oxygen atoms in total. The number of nitrogens with zero attached hydrogens (tertiary/aromatic N) is 1. The molecule has 0 radical (unpaired) electrons. The summed E-state index contributed by atoms with van der Waals surface area (Å²) in [6, 6.07) is 3.52. The van der Waals surface area contributed by atoms with Gasteiger partial charge >= 0.3 is 5.97 Å². The van der Waals surface area contributed by atoms with Gasteiger partial charge in [-0.3, -0.25) is 0 Å². The molecule has 0 unspecified atom stereocenters. The zero-order valence-corrected chi connectivity index (χ0v) is 13.2. The first-order valence-corrected chi connectivity index (χ1v) is 8.08. The van der Waals surface area contributed by atoms with Crippen molar-refractivity contribution in [1.29, 1.82) is 0 Å². The Labute approximate surface area is 124 Å². The van der Waals surface area contributed by atoms with Gasteiger partial charge in [-0.25, -0.2) is 13.2 Å². The molecule has 1 rings (SSSR count). The highest BCUT2D eigenvalue weighted by molar-refractivity contribution is 7.89. The lowest BCUT2D eigenvalue weighted by Gasteiger charge is -2.25. The van der Waals surface area contributed by atoms with Gasteiger partial charge in [-0.1, -0.05) is 18.5 Å². The molecule has 7 heteroatoms. The van der Waals surface area contributed by atoms with Gasteiger partial charge in [-0.2, -0.15) is 4.31 Å². The minimum atomic E-state index is -3.72. The third-order valence-electron chi connectivity index (χ3n) is 2.79.